The Balaban J connectivity index is 2.63. The molecule has 13 heavy (non-hydrogen) atoms. The van der Waals surface area contributed by atoms with Crippen molar-refractivity contribution >= 4 is 5.91 Å². The van der Waals surface area contributed by atoms with Gasteiger partial charge in [-0.15, -0.1) is 0 Å². The molecule has 0 aliphatic carbocycles. The number of nitrogens with one attached hydrogen (secondary N) is 2. The zero-order valence-electron chi connectivity index (χ0n) is 7.18. The number of rotatable bonds is 0. The average molecular weight is 179 g/mol. The zero-order chi connectivity index (χ0) is 9.42. The number of hydrogen-bond donors (Lipinski definition) is 2. The van der Waals surface area contributed by atoms with E-state index in [1.807, 2.05) is 0 Å². The molecule has 0 spiro atoms. The summed E-state index contributed by atoms with van der Waals surface area (Å²) in [6.07, 6.45) is 0.262. The van der Waals surface area contributed by atoms with Crippen LogP contribution in [0.2, 0.25) is 0 Å². The van der Waals surface area contributed by atoms with Gasteiger partial charge >= 0.3 is 0 Å². The highest BCUT2D eigenvalue weighted by Gasteiger charge is 2.19. The molecule has 1 aromatic heterocycles. The molecular formula is C8H9N3O2. The van der Waals surface area contributed by atoms with Crippen LogP contribution in [0.1, 0.15) is 16.8 Å². The quantitative estimate of drug-likeness (QED) is 0.550. The molecule has 2 N–H and O–H groups in total. The molecule has 0 atom stereocenters. The fraction of sp³-hybridized carbons (Fsp3) is 0.375. The van der Waals surface area contributed by atoms with E-state index in [1.165, 1.54) is 0 Å². The van der Waals surface area contributed by atoms with Crippen molar-refractivity contribution in [2.75, 3.05) is 0 Å². The molecule has 2 heterocycles. The SMILES string of the molecule is Cc1n[nH]c(=O)c2c1CC(=O)NC2. The molecule has 0 aromatic carbocycles. The Hall–Kier alpha value is -1.65. The van der Waals surface area contributed by atoms with Gasteiger partial charge in [0.2, 0.25) is 5.91 Å². The minimum absolute atomic E-state index is 0.0528. The molecule has 0 bridgehead atoms. The molecule has 5 heteroatoms. The van der Waals surface area contributed by atoms with Gasteiger partial charge in [-0.05, 0) is 12.5 Å². The monoisotopic (exact) mass is 179 g/mol. The maximum absolute atomic E-state index is 11.3. The largest absolute Gasteiger partial charge is 0.352 e. The third-order valence-corrected chi connectivity index (χ3v) is 2.20. The lowest BCUT2D eigenvalue weighted by molar-refractivity contribution is -0.121. The van der Waals surface area contributed by atoms with Gasteiger partial charge in [0.25, 0.3) is 5.56 Å². The normalized spacial score (nSPS) is 15.0. The summed E-state index contributed by atoms with van der Waals surface area (Å²) in [5.41, 5.74) is 1.92. The van der Waals surface area contributed by atoms with Crippen LogP contribution >= 0.6 is 0 Å². The van der Waals surface area contributed by atoms with Gasteiger partial charge in [0.05, 0.1) is 12.1 Å². The Morgan fingerprint density at radius 3 is 2.85 bits per heavy atom. The fourth-order valence-electron chi connectivity index (χ4n) is 1.46. The molecule has 1 aromatic rings. The molecule has 0 saturated heterocycles. The summed E-state index contributed by atoms with van der Waals surface area (Å²) in [6, 6.07) is 0. The van der Waals surface area contributed by atoms with E-state index in [0.717, 1.165) is 11.3 Å². The Morgan fingerprint density at radius 1 is 1.31 bits per heavy atom. The van der Waals surface area contributed by atoms with E-state index in [2.05, 4.69) is 15.5 Å². The molecule has 5 nitrogen and oxygen atoms in total. The lowest BCUT2D eigenvalue weighted by Crippen LogP contribution is -2.36. The van der Waals surface area contributed by atoms with E-state index in [1.54, 1.807) is 6.92 Å². The summed E-state index contributed by atoms with van der Waals surface area (Å²) in [7, 11) is 0. The second-order valence-corrected chi connectivity index (χ2v) is 3.05. The van der Waals surface area contributed by atoms with Gasteiger partial charge in [0.15, 0.2) is 0 Å². The van der Waals surface area contributed by atoms with Crippen molar-refractivity contribution in [2.45, 2.75) is 19.9 Å². The molecule has 1 aliphatic rings. The van der Waals surface area contributed by atoms with Crippen LogP contribution in [0.25, 0.3) is 0 Å². The van der Waals surface area contributed by atoms with E-state index in [0.29, 0.717) is 12.1 Å². The first-order valence-corrected chi connectivity index (χ1v) is 4.02. The van der Waals surface area contributed by atoms with Crippen LogP contribution in [0.4, 0.5) is 0 Å². The number of aryl methyl sites for hydroxylation is 1. The Labute approximate surface area is 74.2 Å². The van der Waals surface area contributed by atoms with Gasteiger partial charge < -0.3 is 5.32 Å². The Morgan fingerprint density at radius 2 is 2.08 bits per heavy atom. The van der Waals surface area contributed by atoms with Crippen molar-refractivity contribution < 1.29 is 4.79 Å². The predicted molar refractivity (Wildman–Crippen MR) is 45.1 cm³/mol. The standard InChI is InChI=1S/C8H9N3O2/c1-4-5-2-7(12)9-3-6(5)8(13)11-10-4/h2-3H2,1H3,(H,9,12)(H,11,13). The van der Waals surface area contributed by atoms with E-state index in [4.69, 9.17) is 0 Å². The molecule has 1 amide bonds. The van der Waals surface area contributed by atoms with Crippen molar-refractivity contribution in [3.8, 4) is 0 Å². The third kappa shape index (κ3) is 1.22. The maximum atomic E-state index is 11.3. The smallest absolute Gasteiger partial charge is 0.269 e. The van der Waals surface area contributed by atoms with Crippen molar-refractivity contribution in [3.05, 3.63) is 27.2 Å². The van der Waals surface area contributed by atoms with Gasteiger partial charge in [0, 0.05) is 12.1 Å². The van der Waals surface area contributed by atoms with Gasteiger partial charge in [0.1, 0.15) is 0 Å². The van der Waals surface area contributed by atoms with E-state index >= 15 is 0 Å². The molecule has 0 saturated carbocycles. The predicted octanol–water partition coefficient (Wildman–Crippen LogP) is -0.749. The number of hydrogen-bond acceptors (Lipinski definition) is 3. The topological polar surface area (TPSA) is 74.8 Å². The number of carbonyl (C=O) groups excluding carboxylic acids is 1. The molecule has 0 radical (unpaired) electrons. The van der Waals surface area contributed by atoms with E-state index < -0.39 is 0 Å². The van der Waals surface area contributed by atoms with Crippen LogP contribution in [0.15, 0.2) is 4.79 Å². The average Bonchev–Trinajstić information content (AvgIpc) is 2.12. The zero-order valence-corrected chi connectivity index (χ0v) is 7.18. The second-order valence-electron chi connectivity index (χ2n) is 3.05. The summed E-state index contributed by atoms with van der Waals surface area (Å²) < 4.78 is 0. The van der Waals surface area contributed by atoms with E-state index in [-0.39, 0.29) is 17.9 Å². The number of aromatic nitrogens is 2. The summed E-state index contributed by atoms with van der Waals surface area (Å²) in [4.78, 5) is 22.3. The summed E-state index contributed by atoms with van der Waals surface area (Å²) in [6.45, 7) is 2.10. The number of amides is 1. The van der Waals surface area contributed by atoms with Crippen molar-refractivity contribution in [2.24, 2.45) is 0 Å². The molecular weight excluding hydrogens is 170 g/mol. The van der Waals surface area contributed by atoms with Crippen LogP contribution in [-0.4, -0.2) is 16.1 Å². The summed E-state index contributed by atoms with van der Waals surface area (Å²) >= 11 is 0. The first-order chi connectivity index (χ1) is 6.18. The molecule has 2 rings (SSSR count). The molecule has 1 aliphatic heterocycles. The highest BCUT2D eigenvalue weighted by Crippen LogP contribution is 2.11. The lowest BCUT2D eigenvalue weighted by atomic mass is 10.0. The fourth-order valence-corrected chi connectivity index (χ4v) is 1.46. The third-order valence-electron chi connectivity index (χ3n) is 2.20. The van der Waals surface area contributed by atoms with Crippen LogP contribution in [-0.2, 0) is 17.8 Å². The van der Waals surface area contributed by atoms with Crippen LogP contribution in [0.5, 0.6) is 0 Å². The van der Waals surface area contributed by atoms with Crippen LogP contribution < -0.4 is 10.9 Å². The van der Waals surface area contributed by atoms with Gasteiger partial charge in [-0.3, -0.25) is 9.59 Å². The highest BCUT2D eigenvalue weighted by atomic mass is 16.2. The first kappa shape index (κ1) is 7.97. The van der Waals surface area contributed by atoms with Crippen LogP contribution in [0.3, 0.4) is 0 Å². The van der Waals surface area contributed by atoms with Gasteiger partial charge in [-0.25, -0.2) is 5.10 Å². The first-order valence-electron chi connectivity index (χ1n) is 4.02. The molecule has 68 valence electrons. The number of carbonyl (C=O) groups is 1. The van der Waals surface area contributed by atoms with E-state index in [9.17, 15) is 9.59 Å². The number of fused-ring (bicyclic) bond motifs is 1. The maximum Gasteiger partial charge on any atom is 0.269 e. The van der Waals surface area contributed by atoms with Crippen molar-refractivity contribution in [3.63, 3.8) is 0 Å². The molecule has 0 fully saturated rings. The second kappa shape index (κ2) is 2.69. The Kier molecular flexibility index (Phi) is 1.65. The summed E-state index contributed by atoms with van der Waals surface area (Å²) in [5, 5.41) is 8.81. The highest BCUT2D eigenvalue weighted by molar-refractivity contribution is 5.80. The number of H-pyrrole nitrogens is 1. The number of nitrogens with zero attached hydrogens (tertiary/aromatic N) is 1. The Bertz CT molecular complexity index is 422. The number of aromatic amines is 1. The van der Waals surface area contributed by atoms with Crippen LogP contribution in [0, 0.1) is 6.92 Å². The van der Waals surface area contributed by atoms with Gasteiger partial charge in [-0.1, -0.05) is 0 Å². The lowest BCUT2D eigenvalue weighted by Gasteiger charge is -2.16. The minimum Gasteiger partial charge on any atom is -0.352 e. The van der Waals surface area contributed by atoms with Gasteiger partial charge in [-0.2, -0.15) is 5.10 Å². The summed E-state index contributed by atoms with van der Waals surface area (Å²) in [5.74, 6) is -0.0528. The molecule has 0 unspecified atom stereocenters. The van der Waals surface area contributed by atoms with Crippen molar-refractivity contribution in [1.82, 2.24) is 15.5 Å². The van der Waals surface area contributed by atoms with Crippen molar-refractivity contribution in [1.29, 1.82) is 0 Å². The minimum atomic E-state index is -0.208.